The summed E-state index contributed by atoms with van der Waals surface area (Å²) < 4.78 is 12.4. The highest BCUT2D eigenvalue weighted by atomic mass is 127. The molecule has 3 aromatic carbocycles. The smallest absolute Gasteiger partial charge is 0.174 e. The fraction of sp³-hybridized carbons (Fsp3) is 0.0870. The normalized spacial score (nSPS) is 11.1. The number of hydrogen-bond donors (Lipinski definition) is 0. The van der Waals surface area contributed by atoms with Gasteiger partial charge in [0.05, 0.1) is 32.4 Å². The summed E-state index contributed by atoms with van der Waals surface area (Å²) in [5.41, 5.74) is 2.82. The van der Waals surface area contributed by atoms with E-state index in [9.17, 15) is 5.26 Å². The second-order valence-corrected chi connectivity index (χ2v) is 8.60. The molecule has 3 nitrogen and oxygen atoms in total. The zero-order valence-electron chi connectivity index (χ0n) is 15.8. The molecule has 0 unspecified atom stereocenters. The predicted octanol–water partition coefficient (Wildman–Crippen LogP) is 7.90. The van der Waals surface area contributed by atoms with Gasteiger partial charge in [-0.15, -0.1) is 0 Å². The molecule has 0 aliphatic rings. The van der Waals surface area contributed by atoms with E-state index < -0.39 is 0 Å². The van der Waals surface area contributed by atoms with Gasteiger partial charge in [-0.25, -0.2) is 0 Å². The molecule has 0 spiro atoms. The first-order valence-corrected chi connectivity index (χ1v) is 10.9. The Hall–Kier alpha value is -1.91. The third-order valence-corrected chi connectivity index (χ3v) is 6.08. The summed E-state index contributed by atoms with van der Waals surface area (Å²) in [4.78, 5) is 0. The maximum absolute atomic E-state index is 9.61. The average molecular weight is 571 g/mol. The minimum absolute atomic E-state index is 0.307. The van der Waals surface area contributed by atoms with Crippen molar-refractivity contribution in [3.05, 3.63) is 89.9 Å². The second-order valence-electron chi connectivity index (χ2n) is 6.22. The molecule has 0 aromatic heterocycles. The van der Waals surface area contributed by atoms with Crippen LogP contribution < -0.4 is 9.47 Å². The first kappa shape index (κ1) is 22.8. The summed E-state index contributed by atoms with van der Waals surface area (Å²) in [5, 5.41) is 11.1. The van der Waals surface area contributed by atoms with E-state index in [0.29, 0.717) is 44.3 Å². The lowest BCUT2D eigenvalue weighted by Crippen LogP contribution is -2.00. The van der Waals surface area contributed by atoms with Crippen LogP contribution in [0.15, 0.2) is 54.6 Å². The number of methoxy groups -OCH3 is 1. The molecule has 0 aliphatic carbocycles. The van der Waals surface area contributed by atoms with Crippen LogP contribution in [0, 0.1) is 14.9 Å². The molecule has 0 fully saturated rings. The number of ether oxygens (including phenoxy) is 2. The van der Waals surface area contributed by atoms with Gasteiger partial charge in [0.1, 0.15) is 6.61 Å². The zero-order valence-corrected chi connectivity index (χ0v) is 20.2. The standard InChI is InChI=1S/C23H15Cl3INO2/c1-29-22-11-15(8-16(12-28)17-4-2-3-5-18(17)24)10-21(27)23(22)30-13-14-6-7-19(25)20(26)9-14/h2-11H,13H2,1H3. The van der Waals surface area contributed by atoms with Crippen LogP contribution in [-0.2, 0) is 6.61 Å². The Morgan fingerprint density at radius 1 is 1.03 bits per heavy atom. The highest BCUT2D eigenvalue weighted by Gasteiger charge is 2.13. The van der Waals surface area contributed by atoms with Gasteiger partial charge in [-0.05, 0) is 70.1 Å². The minimum atomic E-state index is 0.307. The van der Waals surface area contributed by atoms with Crippen molar-refractivity contribution < 1.29 is 9.47 Å². The van der Waals surface area contributed by atoms with Gasteiger partial charge in [-0.2, -0.15) is 5.26 Å². The largest absolute Gasteiger partial charge is 0.493 e. The van der Waals surface area contributed by atoms with Crippen LogP contribution in [0.25, 0.3) is 11.6 Å². The zero-order chi connectivity index (χ0) is 21.7. The molecular formula is C23H15Cl3INO2. The molecule has 0 N–H and O–H groups in total. The molecule has 0 aliphatic heterocycles. The molecule has 0 heterocycles. The first-order valence-electron chi connectivity index (χ1n) is 8.74. The van der Waals surface area contributed by atoms with Crippen LogP contribution in [-0.4, -0.2) is 7.11 Å². The van der Waals surface area contributed by atoms with E-state index >= 15 is 0 Å². The second kappa shape index (κ2) is 10.4. The topological polar surface area (TPSA) is 42.2 Å². The fourth-order valence-corrected chi connectivity index (χ4v) is 4.10. The summed E-state index contributed by atoms with van der Waals surface area (Å²) in [5.74, 6) is 1.17. The van der Waals surface area contributed by atoms with Gasteiger partial charge in [-0.3, -0.25) is 0 Å². The molecule has 0 atom stereocenters. The van der Waals surface area contributed by atoms with E-state index in [0.717, 1.165) is 14.7 Å². The number of nitrogens with zero attached hydrogens (tertiary/aromatic N) is 1. The molecule has 3 aromatic rings. The summed E-state index contributed by atoms with van der Waals surface area (Å²) >= 11 is 20.5. The number of nitriles is 1. The van der Waals surface area contributed by atoms with Gasteiger partial charge < -0.3 is 9.47 Å². The van der Waals surface area contributed by atoms with Crippen molar-refractivity contribution in [1.29, 1.82) is 5.26 Å². The van der Waals surface area contributed by atoms with Crippen molar-refractivity contribution in [2.45, 2.75) is 6.61 Å². The highest BCUT2D eigenvalue weighted by Crippen LogP contribution is 2.36. The third kappa shape index (κ3) is 5.41. The number of halogens is 4. The summed E-state index contributed by atoms with van der Waals surface area (Å²) in [6, 6.07) is 18.5. The van der Waals surface area contributed by atoms with Crippen molar-refractivity contribution in [1.82, 2.24) is 0 Å². The van der Waals surface area contributed by atoms with E-state index in [-0.39, 0.29) is 0 Å². The Morgan fingerprint density at radius 2 is 1.80 bits per heavy atom. The van der Waals surface area contributed by atoms with Crippen molar-refractivity contribution in [2.24, 2.45) is 0 Å². The fourth-order valence-electron chi connectivity index (χ4n) is 2.76. The average Bonchev–Trinajstić information content (AvgIpc) is 2.74. The quantitative estimate of drug-likeness (QED) is 0.172. The van der Waals surface area contributed by atoms with Gasteiger partial charge in [0.25, 0.3) is 0 Å². The van der Waals surface area contributed by atoms with Crippen LogP contribution in [0.1, 0.15) is 16.7 Å². The van der Waals surface area contributed by atoms with Gasteiger partial charge in [-0.1, -0.05) is 59.1 Å². The first-order chi connectivity index (χ1) is 14.4. The molecule has 0 bridgehead atoms. The van der Waals surface area contributed by atoms with Crippen molar-refractivity contribution in [3.63, 3.8) is 0 Å². The number of hydrogen-bond acceptors (Lipinski definition) is 3. The molecule has 30 heavy (non-hydrogen) atoms. The Balaban J connectivity index is 1.91. The maximum Gasteiger partial charge on any atom is 0.174 e. The minimum Gasteiger partial charge on any atom is -0.493 e. The van der Waals surface area contributed by atoms with E-state index in [1.54, 1.807) is 31.4 Å². The van der Waals surface area contributed by atoms with Crippen LogP contribution in [0.5, 0.6) is 11.5 Å². The number of benzene rings is 3. The van der Waals surface area contributed by atoms with E-state index in [4.69, 9.17) is 44.3 Å². The Bertz CT molecular complexity index is 1160. The summed E-state index contributed by atoms with van der Waals surface area (Å²) in [6.45, 7) is 0.307. The van der Waals surface area contributed by atoms with Gasteiger partial charge in [0.15, 0.2) is 11.5 Å². The Labute approximate surface area is 203 Å². The van der Waals surface area contributed by atoms with Gasteiger partial charge in [0, 0.05) is 10.6 Å². The molecule has 152 valence electrons. The van der Waals surface area contributed by atoms with Crippen molar-refractivity contribution in [2.75, 3.05) is 7.11 Å². The molecule has 7 heteroatoms. The Morgan fingerprint density at radius 3 is 2.47 bits per heavy atom. The molecular weight excluding hydrogens is 556 g/mol. The predicted molar refractivity (Wildman–Crippen MR) is 131 cm³/mol. The number of allylic oxidation sites excluding steroid dienone is 1. The maximum atomic E-state index is 9.61. The highest BCUT2D eigenvalue weighted by molar-refractivity contribution is 14.1. The Kier molecular flexibility index (Phi) is 7.90. The molecule has 0 amide bonds. The van der Waals surface area contributed by atoms with Crippen LogP contribution in [0.4, 0.5) is 0 Å². The van der Waals surface area contributed by atoms with Crippen LogP contribution >= 0.6 is 57.4 Å². The summed E-state index contributed by atoms with van der Waals surface area (Å²) in [7, 11) is 1.57. The lowest BCUT2D eigenvalue weighted by atomic mass is 10.0. The SMILES string of the molecule is COc1cc(C=C(C#N)c2ccccc2Cl)cc(I)c1OCc1ccc(Cl)c(Cl)c1. The number of rotatable bonds is 6. The molecule has 0 radical (unpaired) electrons. The van der Waals surface area contributed by atoms with E-state index in [1.807, 2.05) is 36.4 Å². The monoisotopic (exact) mass is 569 g/mol. The lowest BCUT2D eigenvalue weighted by molar-refractivity contribution is 0.282. The van der Waals surface area contributed by atoms with Crippen LogP contribution in [0.3, 0.4) is 0 Å². The molecule has 0 saturated heterocycles. The lowest BCUT2D eigenvalue weighted by Gasteiger charge is -2.14. The van der Waals surface area contributed by atoms with Gasteiger partial charge >= 0.3 is 0 Å². The molecule has 0 saturated carbocycles. The van der Waals surface area contributed by atoms with Gasteiger partial charge in [0.2, 0.25) is 0 Å². The van der Waals surface area contributed by atoms with Crippen LogP contribution in [0.2, 0.25) is 15.1 Å². The van der Waals surface area contributed by atoms with E-state index in [2.05, 4.69) is 28.7 Å². The molecule has 3 rings (SSSR count). The summed E-state index contributed by atoms with van der Waals surface area (Å²) in [6.07, 6.45) is 1.77. The van der Waals surface area contributed by atoms with Crippen molar-refractivity contribution >= 4 is 69.0 Å². The van der Waals surface area contributed by atoms with E-state index in [1.165, 1.54) is 0 Å². The van der Waals surface area contributed by atoms with Crippen molar-refractivity contribution in [3.8, 4) is 17.6 Å². The third-order valence-electron chi connectivity index (χ3n) is 4.21.